The second kappa shape index (κ2) is 9.75. The SMILES string of the molecule is CCCCN(CCCC)c1nc(CCC(=O)OC)cs1. The van der Waals surface area contributed by atoms with Crippen LogP contribution in [0.15, 0.2) is 5.38 Å². The summed E-state index contributed by atoms with van der Waals surface area (Å²) < 4.78 is 4.66. The number of hydrogen-bond donors (Lipinski definition) is 0. The van der Waals surface area contributed by atoms with Crippen molar-refractivity contribution in [3.8, 4) is 0 Å². The molecule has 20 heavy (non-hydrogen) atoms. The molecule has 1 rings (SSSR count). The van der Waals surface area contributed by atoms with Crippen LogP contribution in [-0.2, 0) is 16.0 Å². The molecule has 0 amide bonds. The molecular formula is C15H26N2O2S. The van der Waals surface area contributed by atoms with Crippen molar-refractivity contribution in [2.75, 3.05) is 25.1 Å². The van der Waals surface area contributed by atoms with Gasteiger partial charge < -0.3 is 9.64 Å². The Labute approximate surface area is 126 Å². The molecule has 0 spiro atoms. The van der Waals surface area contributed by atoms with Crippen molar-refractivity contribution in [3.05, 3.63) is 11.1 Å². The van der Waals surface area contributed by atoms with Gasteiger partial charge in [-0.2, -0.15) is 0 Å². The molecule has 0 fully saturated rings. The monoisotopic (exact) mass is 298 g/mol. The van der Waals surface area contributed by atoms with E-state index < -0.39 is 0 Å². The Hall–Kier alpha value is -1.10. The molecular weight excluding hydrogens is 272 g/mol. The lowest BCUT2D eigenvalue weighted by Crippen LogP contribution is -2.25. The molecule has 0 saturated carbocycles. The molecule has 0 aliphatic carbocycles. The number of rotatable bonds is 10. The molecule has 0 N–H and O–H groups in total. The largest absolute Gasteiger partial charge is 0.469 e. The van der Waals surface area contributed by atoms with E-state index in [1.54, 1.807) is 11.3 Å². The summed E-state index contributed by atoms with van der Waals surface area (Å²) in [6.45, 7) is 6.56. The average molecular weight is 298 g/mol. The Morgan fingerprint density at radius 1 is 1.30 bits per heavy atom. The van der Waals surface area contributed by atoms with Gasteiger partial charge in [0.15, 0.2) is 5.13 Å². The molecule has 0 aromatic carbocycles. The Morgan fingerprint density at radius 2 is 1.95 bits per heavy atom. The molecule has 0 aliphatic rings. The number of nitrogens with zero attached hydrogens (tertiary/aromatic N) is 2. The highest BCUT2D eigenvalue weighted by molar-refractivity contribution is 7.13. The number of thiazole rings is 1. The van der Waals surface area contributed by atoms with Gasteiger partial charge in [-0.1, -0.05) is 26.7 Å². The minimum absolute atomic E-state index is 0.173. The van der Waals surface area contributed by atoms with Crippen molar-refractivity contribution < 1.29 is 9.53 Å². The molecule has 0 saturated heterocycles. The Morgan fingerprint density at radius 3 is 2.50 bits per heavy atom. The van der Waals surface area contributed by atoms with Crippen molar-refractivity contribution in [1.82, 2.24) is 4.98 Å². The van der Waals surface area contributed by atoms with E-state index in [-0.39, 0.29) is 5.97 Å². The number of carbonyl (C=O) groups excluding carboxylic acids is 1. The predicted molar refractivity (Wildman–Crippen MR) is 84.5 cm³/mol. The van der Waals surface area contributed by atoms with Gasteiger partial charge in [0.1, 0.15) is 0 Å². The van der Waals surface area contributed by atoms with Crippen LogP contribution in [0.1, 0.15) is 51.6 Å². The third-order valence-electron chi connectivity index (χ3n) is 3.19. The Balaban J connectivity index is 2.57. The van der Waals surface area contributed by atoms with E-state index >= 15 is 0 Å². The molecule has 1 aromatic heterocycles. The molecule has 5 heteroatoms. The molecule has 0 radical (unpaired) electrons. The summed E-state index contributed by atoms with van der Waals surface area (Å²) in [5.74, 6) is -0.173. The fourth-order valence-electron chi connectivity index (χ4n) is 1.89. The normalized spacial score (nSPS) is 10.6. The second-order valence-electron chi connectivity index (χ2n) is 4.89. The zero-order chi connectivity index (χ0) is 14.8. The fourth-order valence-corrected chi connectivity index (χ4v) is 2.80. The maximum absolute atomic E-state index is 11.2. The van der Waals surface area contributed by atoms with Gasteiger partial charge in [0.25, 0.3) is 0 Å². The van der Waals surface area contributed by atoms with Crippen molar-refractivity contribution in [2.24, 2.45) is 0 Å². The van der Waals surface area contributed by atoms with Gasteiger partial charge in [0.05, 0.1) is 19.2 Å². The summed E-state index contributed by atoms with van der Waals surface area (Å²) in [6.07, 6.45) is 5.86. The van der Waals surface area contributed by atoms with Gasteiger partial charge in [0, 0.05) is 24.9 Å². The van der Waals surface area contributed by atoms with Crippen LogP contribution in [0.25, 0.3) is 0 Å². The van der Waals surface area contributed by atoms with E-state index in [4.69, 9.17) is 0 Å². The molecule has 0 unspecified atom stereocenters. The van der Waals surface area contributed by atoms with Gasteiger partial charge in [-0.3, -0.25) is 4.79 Å². The number of carbonyl (C=O) groups is 1. The van der Waals surface area contributed by atoms with E-state index in [1.165, 1.54) is 32.8 Å². The fraction of sp³-hybridized carbons (Fsp3) is 0.733. The van der Waals surface area contributed by atoms with E-state index in [9.17, 15) is 4.79 Å². The quantitative estimate of drug-likeness (QED) is 0.618. The number of esters is 1. The maximum atomic E-state index is 11.2. The van der Waals surface area contributed by atoms with Crippen LogP contribution in [0.3, 0.4) is 0 Å². The molecule has 1 aromatic rings. The highest BCUT2D eigenvalue weighted by Crippen LogP contribution is 2.22. The number of unbranched alkanes of at least 4 members (excludes halogenated alkanes) is 2. The minimum Gasteiger partial charge on any atom is -0.469 e. The minimum atomic E-state index is -0.173. The van der Waals surface area contributed by atoms with Crippen LogP contribution in [0.4, 0.5) is 5.13 Å². The molecule has 0 aliphatic heterocycles. The molecule has 0 atom stereocenters. The second-order valence-corrected chi connectivity index (χ2v) is 5.73. The van der Waals surface area contributed by atoms with E-state index in [2.05, 4.69) is 33.8 Å². The molecule has 4 nitrogen and oxygen atoms in total. The number of hydrogen-bond acceptors (Lipinski definition) is 5. The third-order valence-corrected chi connectivity index (χ3v) is 4.14. The highest BCUT2D eigenvalue weighted by Gasteiger charge is 2.11. The first-order valence-corrected chi connectivity index (χ1v) is 8.35. The van der Waals surface area contributed by atoms with Crippen molar-refractivity contribution in [3.63, 3.8) is 0 Å². The van der Waals surface area contributed by atoms with Crippen LogP contribution in [0.2, 0.25) is 0 Å². The summed E-state index contributed by atoms with van der Waals surface area (Å²) in [7, 11) is 1.42. The molecule has 0 bridgehead atoms. The summed E-state index contributed by atoms with van der Waals surface area (Å²) in [5, 5.41) is 3.15. The van der Waals surface area contributed by atoms with Crippen molar-refractivity contribution in [2.45, 2.75) is 52.4 Å². The third kappa shape index (κ3) is 5.90. The lowest BCUT2D eigenvalue weighted by Gasteiger charge is -2.21. The number of aryl methyl sites for hydroxylation is 1. The van der Waals surface area contributed by atoms with Crippen molar-refractivity contribution >= 4 is 22.4 Å². The lowest BCUT2D eigenvalue weighted by molar-refractivity contribution is -0.140. The zero-order valence-electron chi connectivity index (χ0n) is 12.9. The summed E-state index contributed by atoms with van der Waals surface area (Å²) in [6, 6.07) is 0. The van der Waals surface area contributed by atoms with E-state index in [0.29, 0.717) is 12.8 Å². The first-order valence-electron chi connectivity index (χ1n) is 7.47. The molecule has 1 heterocycles. The first-order chi connectivity index (χ1) is 9.71. The Kier molecular flexibility index (Phi) is 8.26. The van der Waals surface area contributed by atoms with Gasteiger partial charge >= 0.3 is 5.97 Å². The molecule has 114 valence electrons. The standard InChI is InChI=1S/C15H26N2O2S/c1-4-6-10-17(11-7-5-2)15-16-13(12-20-15)8-9-14(18)19-3/h12H,4-11H2,1-3H3. The Bertz CT molecular complexity index is 385. The highest BCUT2D eigenvalue weighted by atomic mass is 32.1. The van der Waals surface area contributed by atoms with Crippen LogP contribution in [0, 0.1) is 0 Å². The lowest BCUT2D eigenvalue weighted by atomic mass is 10.2. The number of anilines is 1. The van der Waals surface area contributed by atoms with Gasteiger partial charge in [-0.05, 0) is 12.8 Å². The number of ether oxygens (including phenoxy) is 1. The number of methoxy groups -OCH3 is 1. The van der Waals surface area contributed by atoms with E-state index in [0.717, 1.165) is 23.9 Å². The zero-order valence-corrected chi connectivity index (χ0v) is 13.7. The summed E-state index contributed by atoms with van der Waals surface area (Å²) in [5.41, 5.74) is 0.994. The average Bonchev–Trinajstić information content (AvgIpc) is 2.93. The van der Waals surface area contributed by atoms with Crippen LogP contribution >= 0.6 is 11.3 Å². The van der Waals surface area contributed by atoms with Gasteiger partial charge in [-0.25, -0.2) is 4.98 Å². The van der Waals surface area contributed by atoms with Crippen LogP contribution < -0.4 is 4.90 Å². The summed E-state index contributed by atoms with van der Waals surface area (Å²) >= 11 is 1.68. The van der Waals surface area contributed by atoms with Crippen LogP contribution in [-0.4, -0.2) is 31.2 Å². The van der Waals surface area contributed by atoms with E-state index in [1.807, 2.05) is 0 Å². The first kappa shape index (κ1) is 17.0. The summed E-state index contributed by atoms with van der Waals surface area (Å²) in [4.78, 5) is 18.2. The van der Waals surface area contributed by atoms with Crippen LogP contribution in [0.5, 0.6) is 0 Å². The topological polar surface area (TPSA) is 42.4 Å². The predicted octanol–water partition coefficient (Wildman–Crippen LogP) is 3.66. The van der Waals surface area contributed by atoms with Gasteiger partial charge in [0.2, 0.25) is 0 Å². The van der Waals surface area contributed by atoms with Crippen molar-refractivity contribution in [1.29, 1.82) is 0 Å². The number of aromatic nitrogens is 1. The smallest absolute Gasteiger partial charge is 0.305 e. The maximum Gasteiger partial charge on any atom is 0.305 e. The van der Waals surface area contributed by atoms with Gasteiger partial charge in [-0.15, -0.1) is 11.3 Å².